The Morgan fingerprint density at radius 3 is 2.21 bits per heavy atom. The highest BCUT2D eigenvalue weighted by Crippen LogP contribution is 2.34. The Kier molecular flexibility index (Phi) is 9.90. The van der Waals surface area contributed by atoms with E-state index in [4.69, 9.17) is 37.4 Å². The van der Waals surface area contributed by atoms with Gasteiger partial charge in [0.2, 0.25) is 0 Å². The molecule has 0 amide bonds. The first-order valence-corrected chi connectivity index (χ1v) is 11.3. The standard InChI is InChI=1S/C22H22Br2Cl2O3/c1-14(2)18-13-17(5-7-20(18)28-10-8-21(23)24)29-19-6-4-16(12-15(19)3)27-11-9-22(25)26/h4-9,12-14H,10-11H2,1-3H3. The summed E-state index contributed by atoms with van der Waals surface area (Å²) in [6, 6.07) is 11.5. The number of hydrogen-bond donors (Lipinski definition) is 0. The lowest BCUT2D eigenvalue weighted by Gasteiger charge is -2.16. The van der Waals surface area contributed by atoms with Gasteiger partial charge in [0.1, 0.15) is 40.7 Å². The van der Waals surface area contributed by atoms with Crippen LogP contribution in [0.15, 0.2) is 56.4 Å². The molecular weight excluding hydrogens is 543 g/mol. The summed E-state index contributed by atoms with van der Waals surface area (Å²) in [6.45, 7) is 7.00. The smallest absolute Gasteiger partial charge is 0.130 e. The first-order valence-electron chi connectivity index (χ1n) is 8.96. The van der Waals surface area contributed by atoms with E-state index < -0.39 is 0 Å². The Morgan fingerprint density at radius 2 is 1.59 bits per heavy atom. The van der Waals surface area contributed by atoms with Crippen molar-refractivity contribution in [2.75, 3.05) is 13.2 Å². The van der Waals surface area contributed by atoms with Crippen LogP contribution in [0.5, 0.6) is 23.0 Å². The SMILES string of the molecule is Cc1cc(OCC=C(Cl)Cl)ccc1Oc1ccc(OCC=C(Br)Br)c(C(C)C)c1. The largest absolute Gasteiger partial charge is 0.489 e. The lowest BCUT2D eigenvalue weighted by Crippen LogP contribution is -2.00. The van der Waals surface area contributed by atoms with Crippen LogP contribution in [-0.4, -0.2) is 13.2 Å². The second-order valence-corrected chi connectivity index (χ2v) is 10.3. The Hall–Kier alpha value is -1.14. The molecule has 0 N–H and O–H groups in total. The number of hydrogen-bond acceptors (Lipinski definition) is 3. The molecule has 7 heteroatoms. The number of aryl methyl sites for hydroxylation is 1. The molecule has 0 aliphatic carbocycles. The van der Waals surface area contributed by atoms with Crippen LogP contribution in [-0.2, 0) is 0 Å². The van der Waals surface area contributed by atoms with E-state index in [1.165, 1.54) is 0 Å². The minimum atomic E-state index is 0.186. The first kappa shape index (κ1) is 24.1. The van der Waals surface area contributed by atoms with Gasteiger partial charge in [-0.25, -0.2) is 0 Å². The average Bonchev–Trinajstić information content (AvgIpc) is 2.64. The van der Waals surface area contributed by atoms with Crippen molar-refractivity contribution in [3.05, 3.63) is 67.6 Å². The van der Waals surface area contributed by atoms with Crippen LogP contribution in [0.3, 0.4) is 0 Å². The summed E-state index contributed by atoms with van der Waals surface area (Å²) < 4.78 is 18.6. The van der Waals surface area contributed by atoms with Crippen molar-refractivity contribution in [2.45, 2.75) is 26.7 Å². The predicted molar refractivity (Wildman–Crippen MR) is 129 cm³/mol. The molecule has 0 radical (unpaired) electrons. The van der Waals surface area contributed by atoms with E-state index in [1.807, 2.05) is 49.4 Å². The van der Waals surface area contributed by atoms with Crippen LogP contribution in [0, 0.1) is 6.92 Å². The number of halogens is 4. The van der Waals surface area contributed by atoms with Gasteiger partial charge in [-0.1, -0.05) is 37.0 Å². The molecule has 3 nitrogen and oxygen atoms in total. The van der Waals surface area contributed by atoms with E-state index in [1.54, 1.807) is 6.08 Å². The Bertz CT molecular complexity index is 888. The van der Waals surface area contributed by atoms with Crippen molar-refractivity contribution in [2.24, 2.45) is 0 Å². The number of rotatable bonds is 9. The van der Waals surface area contributed by atoms with Gasteiger partial charge in [0.05, 0.1) is 3.39 Å². The maximum Gasteiger partial charge on any atom is 0.130 e. The van der Waals surface area contributed by atoms with Crippen LogP contribution in [0.1, 0.15) is 30.9 Å². The summed E-state index contributed by atoms with van der Waals surface area (Å²) >= 11 is 17.8. The van der Waals surface area contributed by atoms with Crippen LogP contribution >= 0.6 is 55.1 Å². The predicted octanol–water partition coefficient (Wildman–Crippen LogP) is 8.62. The molecule has 0 fully saturated rings. The van der Waals surface area contributed by atoms with Crippen molar-refractivity contribution in [3.63, 3.8) is 0 Å². The van der Waals surface area contributed by atoms with Crippen LogP contribution in [0.4, 0.5) is 0 Å². The summed E-state index contributed by atoms with van der Waals surface area (Å²) in [5.41, 5.74) is 2.05. The number of ether oxygens (including phenoxy) is 3. The zero-order valence-corrected chi connectivity index (χ0v) is 21.0. The summed E-state index contributed by atoms with van der Waals surface area (Å²) in [4.78, 5) is 0. The molecule has 0 atom stereocenters. The molecule has 0 aliphatic rings. The van der Waals surface area contributed by atoms with E-state index in [2.05, 4.69) is 45.7 Å². The molecule has 29 heavy (non-hydrogen) atoms. The normalized spacial score (nSPS) is 10.5. The van der Waals surface area contributed by atoms with Gasteiger partial charge in [-0.05, 0) is 98.8 Å². The summed E-state index contributed by atoms with van der Waals surface area (Å²) in [5, 5.41) is 0. The van der Waals surface area contributed by atoms with Gasteiger partial charge in [0.25, 0.3) is 0 Å². The zero-order valence-electron chi connectivity index (χ0n) is 16.3. The lowest BCUT2D eigenvalue weighted by atomic mass is 10.0. The third-order valence-corrected chi connectivity index (χ3v) is 4.90. The average molecular weight is 565 g/mol. The van der Waals surface area contributed by atoms with Gasteiger partial charge < -0.3 is 14.2 Å². The molecule has 2 aromatic carbocycles. The fourth-order valence-electron chi connectivity index (χ4n) is 2.52. The monoisotopic (exact) mass is 562 g/mol. The van der Waals surface area contributed by atoms with Crippen molar-refractivity contribution >= 4 is 55.1 Å². The molecule has 2 rings (SSSR count). The van der Waals surface area contributed by atoms with Crippen LogP contribution < -0.4 is 14.2 Å². The van der Waals surface area contributed by atoms with Crippen LogP contribution in [0.25, 0.3) is 0 Å². The molecular formula is C22H22Br2Cl2O3. The van der Waals surface area contributed by atoms with Gasteiger partial charge in [-0.15, -0.1) is 0 Å². The molecule has 0 aromatic heterocycles. The third kappa shape index (κ3) is 8.25. The Labute approximate surface area is 198 Å². The molecule has 0 saturated heterocycles. The van der Waals surface area contributed by atoms with Gasteiger partial charge in [0, 0.05) is 5.56 Å². The second kappa shape index (κ2) is 11.9. The zero-order chi connectivity index (χ0) is 21.4. The lowest BCUT2D eigenvalue weighted by molar-refractivity contribution is 0.356. The highest BCUT2D eigenvalue weighted by molar-refractivity contribution is 9.28. The fraction of sp³-hybridized carbons (Fsp3) is 0.273. The van der Waals surface area contributed by atoms with E-state index in [0.717, 1.165) is 37.5 Å². The molecule has 0 spiro atoms. The third-order valence-electron chi connectivity index (χ3n) is 3.94. The highest BCUT2D eigenvalue weighted by atomic mass is 79.9. The van der Waals surface area contributed by atoms with Crippen LogP contribution in [0.2, 0.25) is 0 Å². The minimum absolute atomic E-state index is 0.186. The highest BCUT2D eigenvalue weighted by Gasteiger charge is 2.11. The second-order valence-electron chi connectivity index (χ2n) is 6.49. The van der Waals surface area contributed by atoms with Gasteiger partial charge in [-0.3, -0.25) is 0 Å². The molecule has 0 bridgehead atoms. The number of benzene rings is 2. The Balaban J connectivity index is 2.13. The fourth-order valence-corrected chi connectivity index (χ4v) is 2.91. The van der Waals surface area contributed by atoms with Crippen molar-refractivity contribution in [1.29, 1.82) is 0 Å². The van der Waals surface area contributed by atoms with Crippen molar-refractivity contribution in [3.8, 4) is 23.0 Å². The minimum Gasteiger partial charge on any atom is -0.489 e. The maximum atomic E-state index is 6.10. The molecule has 0 heterocycles. The van der Waals surface area contributed by atoms with Gasteiger partial charge in [0.15, 0.2) is 0 Å². The van der Waals surface area contributed by atoms with E-state index in [-0.39, 0.29) is 4.49 Å². The molecule has 0 aliphatic heterocycles. The van der Waals surface area contributed by atoms with E-state index in [9.17, 15) is 0 Å². The first-order chi connectivity index (χ1) is 13.8. The quantitative estimate of drug-likeness (QED) is 0.305. The molecule has 2 aromatic rings. The maximum absolute atomic E-state index is 6.10. The Morgan fingerprint density at radius 1 is 0.931 bits per heavy atom. The molecule has 0 unspecified atom stereocenters. The molecule has 156 valence electrons. The summed E-state index contributed by atoms with van der Waals surface area (Å²) in [6.07, 6.45) is 3.49. The van der Waals surface area contributed by atoms with Gasteiger partial charge >= 0.3 is 0 Å². The van der Waals surface area contributed by atoms with E-state index in [0.29, 0.717) is 19.1 Å². The van der Waals surface area contributed by atoms with Gasteiger partial charge in [-0.2, -0.15) is 0 Å². The van der Waals surface area contributed by atoms with Crippen molar-refractivity contribution in [1.82, 2.24) is 0 Å². The summed E-state index contributed by atoms with van der Waals surface area (Å²) in [5.74, 6) is 3.38. The summed E-state index contributed by atoms with van der Waals surface area (Å²) in [7, 11) is 0. The topological polar surface area (TPSA) is 27.7 Å². The van der Waals surface area contributed by atoms with Crippen molar-refractivity contribution < 1.29 is 14.2 Å². The molecule has 0 saturated carbocycles. The van der Waals surface area contributed by atoms with E-state index >= 15 is 0 Å².